The van der Waals surface area contributed by atoms with Gasteiger partial charge >= 0.3 is 0 Å². The van der Waals surface area contributed by atoms with Crippen LogP contribution in [0.5, 0.6) is 0 Å². The fourth-order valence-corrected chi connectivity index (χ4v) is 2.29. The van der Waals surface area contributed by atoms with Crippen LogP contribution in [0.15, 0.2) is 24.3 Å². The number of carbonyl (C=O) groups excluding carboxylic acids is 1. The van der Waals surface area contributed by atoms with Crippen LogP contribution in [0.2, 0.25) is 0 Å². The zero-order valence-electron chi connectivity index (χ0n) is 11.2. The molecule has 18 heavy (non-hydrogen) atoms. The van der Waals surface area contributed by atoms with E-state index in [9.17, 15) is 4.79 Å². The first-order valence-corrected chi connectivity index (χ1v) is 6.82. The van der Waals surface area contributed by atoms with Crippen molar-refractivity contribution >= 4 is 11.6 Å². The van der Waals surface area contributed by atoms with E-state index in [4.69, 9.17) is 0 Å². The van der Waals surface area contributed by atoms with Gasteiger partial charge in [0.25, 0.3) is 0 Å². The summed E-state index contributed by atoms with van der Waals surface area (Å²) < 4.78 is 0. The van der Waals surface area contributed by atoms with Crippen molar-refractivity contribution in [2.45, 2.75) is 39.2 Å². The number of anilines is 1. The van der Waals surface area contributed by atoms with Crippen molar-refractivity contribution in [3.05, 3.63) is 29.8 Å². The second-order valence-electron chi connectivity index (χ2n) is 5.12. The Balaban J connectivity index is 1.90. The summed E-state index contributed by atoms with van der Waals surface area (Å²) in [6.07, 6.45) is 3.08. The van der Waals surface area contributed by atoms with Gasteiger partial charge in [0.15, 0.2) is 0 Å². The van der Waals surface area contributed by atoms with Crippen LogP contribution in [0.25, 0.3) is 0 Å². The number of nitrogens with one attached hydrogen (secondary N) is 2. The van der Waals surface area contributed by atoms with Gasteiger partial charge in [-0.2, -0.15) is 0 Å². The maximum Gasteiger partial charge on any atom is 0.228 e. The number of hydrogen-bond donors (Lipinski definition) is 2. The maximum atomic E-state index is 12.1. The molecule has 3 heteroatoms. The molecule has 0 spiro atoms. The Morgan fingerprint density at radius 2 is 2.06 bits per heavy atom. The van der Waals surface area contributed by atoms with Gasteiger partial charge < -0.3 is 10.6 Å². The van der Waals surface area contributed by atoms with E-state index in [1.54, 1.807) is 0 Å². The third-order valence-electron chi connectivity index (χ3n) is 3.66. The average molecular weight is 246 g/mol. The Morgan fingerprint density at radius 1 is 1.33 bits per heavy atom. The molecular formula is C15H22N2O. The van der Waals surface area contributed by atoms with E-state index in [1.807, 2.05) is 12.1 Å². The molecule has 1 aromatic carbocycles. The Hall–Kier alpha value is -1.35. The van der Waals surface area contributed by atoms with Crippen LogP contribution in [-0.2, 0) is 11.2 Å². The van der Waals surface area contributed by atoms with Gasteiger partial charge in [-0.05, 0) is 43.9 Å². The number of amides is 1. The summed E-state index contributed by atoms with van der Waals surface area (Å²) in [5.74, 6) is 0.241. The second kappa shape index (κ2) is 6.01. The lowest BCUT2D eigenvalue weighted by Gasteiger charge is -2.26. The molecule has 0 aromatic heterocycles. The van der Waals surface area contributed by atoms with Crippen molar-refractivity contribution in [3.8, 4) is 0 Å². The van der Waals surface area contributed by atoms with Crippen molar-refractivity contribution < 1.29 is 4.79 Å². The molecule has 1 fully saturated rings. The SMILES string of the molecule is CCc1ccc(NC(=O)C2CCC(C)NC2)cc1. The largest absolute Gasteiger partial charge is 0.326 e. The molecule has 1 aliphatic heterocycles. The van der Waals surface area contributed by atoms with Gasteiger partial charge in [0.2, 0.25) is 5.91 Å². The molecule has 98 valence electrons. The molecule has 1 amide bonds. The van der Waals surface area contributed by atoms with E-state index < -0.39 is 0 Å². The number of benzene rings is 1. The predicted octanol–water partition coefficient (Wildman–Crippen LogP) is 2.58. The van der Waals surface area contributed by atoms with Crippen LogP contribution in [0.4, 0.5) is 5.69 Å². The van der Waals surface area contributed by atoms with Crippen LogP contribution in [0.3, 0.4) is 0 Å². The number of aryl methyl sites for hydroxylation is 1. The zero-order valence-corrected chi connectivity index (χ0v) is 11.2. The Labute approximate surface area is 109 Å². The van der Waals surface area contributed by atoms with E-state index in [0.29, 0.717) is 6.04 Å². The topological polar surface area (TPSA) is 41.1 Å². The summed E-state index contributed by atoms with van der Waals surface area (Å²) in [5.41, 5.74) is 2.19. The van der Waals surface area contributed by atoms with Crippen LogP contribution in [-0.4, -0.2) is 18.5 Å². The van der Waals surface area contributed by atoms with Crippen molar-refractivity contribution in [1.82, 2.24) is 5.32 Å². The summed E-state index contributed by atoms with van der Waals surface area (Å²) in [6.45, 7) is 5.08. The van der Waals surface area contributed by atoms with Crippen molar-refractivity contribution in [3.63, 3.8) is 0 Å². The van der Waals surface area contributed by atoms with Crippen LogP contribution < -0.4 is 10.6 Å². The summed E-state index contributed by atoms with van der Waals surface area (Å²) in [4.78, 5) is 12.1. The van der Waals surface area contributed by atoms with Crippen LogP contribution in [0.1, 0.15) is 32.3 Å². The summed E-state index contributed by atoms with van der Waals surface area (Å²) >= 11 is 0. The average Bonchev–Trinajstić information content (AvgIpc) is 2.40. The first kappa shape index (κ1) is 13.1. The highest BCUT2D eigenvalue weighted by Crippen LogP contribution is 2.17. The van der Waals surface area contributed by atoms with Crippen LogP contribution >= 0.6 is 0 Å². The van der Waals surface area contributed by atoms with Crippen molar-refractivity contribution in [1.29, 1.82) is 0 Å². The van der Waals surface area contributed by atoms with Gasteiger partial charge in [-0.3, -0.25) is 4.79 Å². The molecule has 0 saturated carbocycles. The summed E-state index contributed by atoms with van der Waals surface area (Å²) in [6, 6.07) is 8.64. The third kappa shape index (κ3) is 3.33. The number of carbonyl (C=O) groups is 1. The molecule has 1 aliphatic rings. The number of hydrogen-bond acceptors (Lipinski definition) is 2. The summed E-state index contributed by atoms with van der Waals surface area (Å²) in [7, 11) is 0. The van der Waals surface area contributed by atoms with Gasteiger partial charge in [0, 0.05) is 18.3 Å². The minimum absolute atomic E-state index is 0.104. The molecule has 1 heterocycles. The molecule has 2 N–H and O–H groups in total. The third-order valence-corrected chi connectivity index (χ3v) is 3.66. The van der Waals surface area contributed by atoms with E-state index >= 15 is 0 Å². The second-order valence-corrected chi connectivity index (χ2v) is 5.12. The molecule has 0 radical (unpaired) electrons. The molecule has 3 nitrogen and oxygen atoms in total. The van der Waals surface area contributed by atoms with Gasteiger partial charge in [-0.25, -0.2) is 0 Å². The minimum atomic E-state index is 0.104. The molecule has 2 atom stereocenters. The highest BCUT2D eigenvalue weighted by atomic mass is 16.1. The fraction of sp³-hybridized carbons (Fsp3) is 0.533. The van der Waals surface area contributed by atoms with Gasteiger partial charge in [-0.1, -0.05) is 19.1 Å². The minimum Gasteiger partial charge on any atom is -0.326 e. The van der Waals surface area contributed by atoms with Crippen molar-refractivity contribution in [2.24, 2.45) is 5.92 Å². The quantitative estimate of drug-likeness (QED) is 0.860. The van der Waals surface area contributed by atoms with Gasteiger partial charge in [0.1, 0.15) is 0 Å². The Morgan fingerprint density at radius 3 is 2.61 bits per heavy atom. The van der Waals surface area contributed by atoms with E-state index in [1.165, 1.54) is 5.56 Å². The molecule has 2 unspecified atom stereocenters. The molecule has 0 aliphatic carbocycles. The van der Waals surface area contributed by atoms with Crippen molar-refractivity contribution in [2.75, 3.05) is 11.9 Å². The number of piperidine rings is 1. The Kier molecular flexibility index (Phi) is 4.37. The van der Waals surface area contributed by atoms with E-state index in [-0.39, 0.29) is 11.8 Å². The lowest BCUT2D eigenvalue weighted by Crippen LogP contribution is -2.41. The maximum absolute atomic E-state index is 12.1. The number of rotatable bonds is 3. The summed E-state index contributed by atoms with van der Waals surface area (Å²) in [5, 5.41) is 6.35. The predicted molar refractivity (Wildman–Crippen MR) is 74.6 cm³/mol. The lowest BCUT2D eigenvalue weighted by atomic mass is 9.94. The van der Waals surface area contributed by atoms with E-state index in [2.05, 4.69) is 36.6 Å². The smallest absolute Gasteiger partial charge is 0.228 e. The lowest BCUT2D eigenvalue weighted by molar-refractivity contribution is -0.120. The van der Waals surface area contributed by atoms with Crippen LogP contribution in [0, 0.1) is 5.92 Å². The first-order chi connectivity index (χ1) is 8.69. The molecular weight excluding hydrogens is 224 g/mol. The van der Waals surface area contributed by atoms with E-state index in [0.717, 1.165) is 31.5 Å². The molecule has 1 aromatic rings. The van der Waals surface area contributed by atoms with Gasteiger partial charge in [-0.15, -0.1) is 0 Å². The molecule has 2 rings (SSSR count). The first-order valence-electron chi connectivity index (χ1n) is 6.82. The standard InChI is InChI=1S/C15H22N2O/c1-3-12-5-8-14(9-6-12)17-15(18)13-7-4-11(2)16-10-13/h5-6,8-9,11,13,16H,3-4,7,10H2,1-2H3,(H,17,18). The fourth-order valence-electron chi connectivity index (χ4n) is 2.29. The molecule has 0 bridgehead atoms. The van der Waals surface area contributed by atoms with Gasteiger partial charge in [0.05, 0.1) is 5.92 Å². The zero-order chi connectivity index (χ0) is 13.0. The normalized spacial score (nSPS) is 23.7. The highest BCUT2D eigenvalue weighted by molar-refractivity contribution is 5.92. The monoisotopic (exact) mass is 246 g/mol. The molecule has 1 saturated heterocycles. The highest BCUT2D eigenvalue weighted by Gasteiger charge is 2.23. The Bertz CT molecular complexity index is 391.